The minimum atomic E-state index is -0.263. The SMILES string of the molecule is CCCCCCCCCCCCCCCCNC(c1ccccc1)(c1ccccc1)C(C)c1ccccc1. The zero-order valence-corrected chi connectivity index (χ0v) is 24.3. The summed E-state index contributed by atoms with van der Waals surface area (Å²) in [5, 5.41) is 4.11. The van der Waals surface area contributed by atoms with Crippen molar-refractivity contribution in [2.45, 2.75) is 115 Å². The molecule has 0 amide bonds. The molecule has 1 unspecified atom stereocenters. The van der Waals surface area contributed by atoms with Crippen molar-refractivity contribution in [3.63, 3.8) is 0 Å². The van der Waals surface area contributed by atoms with Crippen LogP contribution in [0.25, 0.3) is 0 Å². The molecule has 0 aromatic heterocycles. The second-order valence-electron chi connectivity index (χ2n) is 11.2. The van der Waals surface area contributed by atoms with Gasteiger partial charge in [0.1, 0.15) is 0 Å². The fraction of sp³-hybridized carbons (Fsp3) is 0.514. The van der Waals surface area contributed by atoms with Gasteiger partial charge in [0.2, 0.25) is 0 Å². The summed E-state index contributed by atoms with van der Waals surface area (Å²) in [6.45, 7) is 5.71. The molecule has 0 heterocycles. The van der Waals surface area contributed by atoms with E-state index in [1.54, 1.807) is 0 Å². The molecule has 0 radical (unpaired) electrons. The van der Waals surface area contributed by atoms with Crippen molar-refractivity contribution in [2.75, 3.05) is 6.54 Å². The van der Waals surface area contributed by atoms with Crippen LogP contribution in [0, 0.1) is 0 Å². The fourth-order valence-electron chi connectivity index (χ4n) is 6.02. The zero-order chi connectivity index (χ0) is 26.7. The van der Waals surface area contributed by atoms with E-state index in [1.807, 2.05) is 0 Å². The summed E-state index contributed by atoms with van der Waals surface area (Å²) in [6, 6.07) is 33.2. The first kappa shape index (κ1) is 30.2. The lowest BCUT2D eigenvalue weighted by atomic mass is 9.71. The second-order valence-corrected chi connectivity index (χ2v) is 11.2. The molecule has 3 aromatic rings. The Labute approximate surface area is 234 Å². The topological polar surface area (TPSA) is 12.0 Å². The Balaban J connectivity index is 1.50. The third-order valence-corrected chi connectivity index (χ3v) is 8.34. The van der Waals surface area contributed by atoms with E-state index in [2.05, 4.69) is 110 Å². The van der Waals surface area contributed by atoms with Crippen LogP contribution < -0.4 is 5.32 Å². The lowest BCUT2D eigenvalue weighted by Gasteiger charge is -2.42. The number of hydrogen-bond donors (Lipinski definition) is 1. The minimum absolute atomic E-state index is 0.263. The zero-order valence-electron chi connectivity index (χ0n) is 24.3. The van der Waals surface area contributed by atoms with Gasteiger partial charge in [-0.3, -0.25) is 0 Å². The summed E-state index contributed by atoms with van der Waals surface area (Å²) in [5.41, 5.74) is 3.79. The molecule has 206 valence electrons. The van der Waals surface area contributed by atoms with Crippen molar-refractivity contribution in [3.8, 4) is 0 Å². The molecule has 38 heavy (non-hydrogen) atoms. The van der Waals surface area contributed by atoms with E-state index in [0.29, 0.717) is 5.92 Å². The lowest BCUT2D eigenvalue weighted by molar-refractivity contribution is 0.337. The molecule has 0 saturated carbocycles. The highest BCUT2D eigenvalue weighted by atomic mass is 15.0. The largest absolute Gasteiger partial charge is 0.303 e. The molecule has 0 aliphatic rings. The molecule has 3 rings (SSSR count). The Morgan fingerprint density at radius 2 is 0.868 bits per heavy atom. The van der Waals surface area contributed by atoms with Gasteiger partial charge >= 0.3 is 0 Å². The highest BCUT2D eigenvalue weighted by Gasteiger charge is 2.39. The molecule has 1 atom stereocenters. The molecule has 3 aromatic carbocycles. The number of rotatable bonds is 20. The normalized spacial score (nSPS) is 12.5. The smallest absolute Gasteiger partial charge is 0.0757 e. The van der Waals surface area contributed by atoms with Crippen molar-refractivity contribution >= 4 is 0 Å². The maximum absolute atomic E-state index is 4.11. The van der Waals surface area contributed by atoms with Gasteiger partial charge in [0.15, 0.2) is 0 Å². The summed E-state index contributed by atoms with van der Waals surface area (Å²) in [6.07, 6.45) is 19.5. The maximum atomic E-state index is 4.11. The summed E-state index contributed by atoms with van der Waals surface area (Å²) < 4.78 is 0. The molecule has 1 N–H and O–H groups in total. The van der Waals surface area contributed by atoms with Crippen LogP contribution in [0.15, 0.2) is 91.0 Å². The molecule has 0 spiro atoms. The van der Waals surface area contributed by atoms with Gasteiger partial charge < -0.3 is 5.32 Å². The molecule has 1 nitrogen and oxygen atoms in total. The summed E-state index contributed by atoms with van der Waals surface area (Å²) in [7, 11) is 0. The van der Waals surface area contributed by atoms with E-state index in [4.69, 9.17) is 0 Å². The third-order valence-electron chi connectivity index (χ3n) is 8.34. The molecule has 0 bridgehead atoms. The number of unbranched alkanes of at least 4 members (excludes halogenated alkanes) is 13. The van der Waals surface area contributed by atoms with E-state index < -0.39 is 0 Å². The van der Waals surface area contributed by atoms with Crippen LogP contribution in [-0.2, 0) is 5.54 Å². The van der Waals surface area contributed by atoms with Gasteiger partial charge in [-0.15, -0.1) is 0 Å². The molecule has 0 fully saturated rings. The maximum Gasteiger partial charge on any atom is 0.0757 e. The predicted octanol–water partition coefficient (Wildman–Crippen LogP) is 10.8. The first-order chi connectivity index (χ1) is 18.8. The van der Waals surface area contributed by atoms with Crippen LogP contribution in [0.1, 0.15) is 126 Å². The van der Waals surface area contributed by atoms with Crippen LogP contribution in [0.5, 0.6) is 0 Å². The Morgan fingerprint density at radius 1 is 0.500 bits per heavy atom. The first-order valence-electron chi connectivity index (χ1n) is 15.7. The van der Waals surface area contributed by atoms with Gasteiger partial charge in [0.05, 0.1) is 5.54 Å². The van der Waals surface area contributed by atoms with Crippen LogP contribution in [0.2, 0.25) is 0 Å². The second kappa shape index (κ2) is 18.0. The van der Waals surface area contributed by atoms with Crippen LogP contribution in [-0.4, -0.2) is 6.54 Å². The van der Waals surface area contributed by atoms with Gasteiger partial charge in [-0.25, -0.2) is 0 Å². The van der Waals surface area contributed by atoms with Gasteiger partial charge in [0.25, 0.3) is 0 Å². The van der Waals surface area contributed by atoms with E-state index >= 15 is 0 Å². The summed E-state index contributed by atoms with van der Waals surface area (Å²) in [4.78, 5) is 0. The van der Waals surface area contributed by atoms with Crippen LogP contribution in [0.3, 0.4) is 0 Å². The minimum Gasteiger partial charge on any atom is -0.303 e. The van der Waals surface area contributed by atoms with E-state index in [0.717, 1.165) is 6.54 Å². The third kappa shape index (κ3) is 9.42. The van der Waals surface area contributed by atoms with E-state index in [1.165, 1.54) is 107 Å². The Hall–Kier alpha value is -2.38. The van der Waals surface area contributed by atoms with Crippen LogP contribution in [0.4, 0.5) is 0 Å². The fourth-order valence-corrected chi connectivity index (χ4v) is 6.02. The Kier molecular flexibility index (Phi) is 14.3. The Morgan fingerprint density at radius 3 is 1.29 bits per heavy atom. The average molecular weight is 512 g/mol. The molecular formula is C37H53N. The monoisotopic (exact) mass is 511 g/mol. The predicted molar refractivity (Wildman–Crippen MR) is 167 cm³/mol. The van der Waals surface area contributed by atoms with Crippen molar-refractivity contribution in [2.24, 2.45) is 0 Å². The van der Waals surface area contributed by atoms with Gasteiger partial charge in [-0.1, -0.05) is 188 Å². The summed E-state index contributed by atoms with van der Waals surface area (Å²) >= 11 is 0. The standard InChI is InChI=1S/C37H53N/c1-3-4-5-6-7-8-9-10-11-12-13-14-15-25-32-38-37(35-28-21-17-22-29-35,36-30-23-18-24-31-36)33(2)34-26-19-16-20-27-34/h16-24,26-31,33,38H,3-15,25,32H2,1-2H3. The van der Waals surface area contributed by atoms with Crippen molar-refractivity contribution in [3.05, 3.63) is 108 Å². The quantitative estimate of drug-likeness (QED) is 0.149. The average Bonchev–Trinajstić information content (AvgIpc) is 2.98. The van der Waals surface area contributed by atoms with Crippen molar-refractivity contribution in [1.29, 1.82) is 0 Å². The van der Waals surface area contributed by atoms with Gasteiger partial charge in [0, 0.05) is 5.92 Å². The highest BCUT2D eigenvalue weighted by Crippen LogP contribution is 2.42. The van der Waals surface area contributed by atoms with Crippen molar-refractivity contribution < 1.29 is 0 Å². The van der Waals surface area contributed by atoms with E-state index in [9.17, 15) is 0 Å². The highest BCUT2D eigenvalue weighted by molar-refractivity contribution is 5.43. The molecular weight excluding hydrogens is 458 g/mol. The molecule has 0 saturated heterocycles. The molecule has 1 heteroatoms. The van der Waals surface area contributed by atoms with E-state index in [-0.39, 0.29) is 5.54 Å². The van der Waals surface area contributed by atoms with Crippen LogP contribution >= 0.6 is 0 Å². The molecule has 0 aliphatic carbocycles. The number of benzene rings is 3. The lowest BCUT2D eigenvalue weighted by Crippen LogP contribution is -2.48. The van der Waals surface area contributed by atoms with Crippen molar-refractivity contribution in [1.82, 2.24) is 5.32 Å². The Bertz CT molecular complexity index is 910. The van der Waals surface area contributed by atoms with Gasteiger partial charge in [-0.05, 0) is 29.7 Å². The summed E-state index contributed by atoms with van der Waals surface area (Å²) in [5.74, 6) is 0.292. The molecule has 0 aliphatic heterocycles. The number of nitrogens with one attached hydrogen (secondary N) is 1. The first-order valence-corrected chi connectivity index (χ1v) is 15.7. The van der Waals surface area contributed by atoms with Gasteiger partial charge in [-0.2, -0.15) is 0 Å². The number of hydrogen-bond acceptors (Lipinski definition) is 1.